The van der Waals surface area contributed by atoms with Crippen molar-refractivity contribution in [1.82, 2.24) is 10.3 Å². The minimum Gasteiger partial charge on any atom is -0.490 e. The number of ether oxygens (including phenoxy) is 2. The highest BCUT2D eigenvalue weighted by atomic mass is 16.6. The van der Waals surface area contributed by atoms with Gasteiger partial charge in [0.2, 0.25) is 0 Å². The van der Waals surface area contributed by atoms with E-state index in [-0.39, 0.29) is 23.6 Å². The predicted octanol–water partition coefficient (Wildman–Crippen LogP) is 2.67. The van der Waals surface area contributed by atoms with Gasteiger partial charge >= 0.3 is 11.7 Å². The van der Waals surface area contributed by atoms with Crippen molar-refractivity contribution in [2.75, 3.05) is 14.2 Å². The van der Waals surface area contributed by atoms with Gasteiger partial charge < -0.3 is 14.8 Å². The highest BCUT2D eigenvalue weighted by Gasteiger charge is 2.25. The number of nitrogens with zero attached hydrogens (tertiary/aromatic N) is 2. The molecule has 9 nitrogen and oxygen atoms in total. The normalized spacial score (nSPS) is 11.5. The Labute approximate surface area is 171 Å². The number of fused-ring (bicyclic) bond motifs is 1. The van der Waals surface area contributed by atoms with E-state index in [9.17, 15) is 19.7 Å². The van der Waals surface area contributed by atoms with Crippen LogP contribution in [0.25, 0.3) is 10.9 Å². The first-order valence-corrected chi connectivity index (χ1v) is 8.98. The number of carbonyl (C=O) groups is 2. The summed E-state index contributed by atoms with van der Waals surface area (Å²) in [7, 11) is 2.53. The number of carbonyl (C=O) groups excluding carboxylic acids is 2. The molecule has 2 aromatic carbocycles. The van der Waals surface area contributed by atoms with Crippen LogP contribution < -0.4 is 10.1 Å². The van der Waals surface area contributed by atoms with Crippen molar-refractivity contribution in [2.45, 2.75) is 12.5 Å². The van der Waals surface area contributed by atoms with Crippen LogP contribution in [0.4, 0.5) is 5.69 Å². The van der Waals surface area contributed by atoms with Crippen molar-refractivity contribution in [3.8, 4) is 5.75 Å². The second-order valence-corrected chi connectivity index (χ2v) is 6.41. The van der Waals surface area contributed by atoms with Crippen LogP contribution in [0.15, 0.2) is 54.6 Å². The molecule has 3 aromatic rings. The van der Waals surface area contributed by atoms with Gasteiger partial charge in [-0.3, -0.25) is 14.9 Å². The summed E-state index contributed by atoms with van der Waals surface area (Å²) in [6.07, 6.45) is -0.00315. The van der Waals surface area contributed by atoms with E-state index in [0.29, 0.717) is 11.1 Å². The maximum atomic E-state index is 12.7. The number of esters is 1. The zero-order valence-electron chi connectivity index (χ0n) is 16.3. The Bertz CT molecular complexity index is 1110. The van der Waals surface area contributed by atoms with Crippen LogP contribution in [0.5, 0.6) is 5.75 Å². The van der Waals surface area contributed by atoms with Crippen molar-refractivity contribution in [3.05, 3.63) is 76.0 Å². The van der Waals surface area contributed by atoms with Gasteiger partial charge in [-0.1, -0.05) is 30.3 Å². The second-order valence-electron chi connectivity index (χ2n) is 6.41. The van der Waals surface area contributed by atoms with Crippen LogP contribution in [0.2, 0.25) is 0 Å². The monoisotopic (exact) mass is 409 g/mol. The maximum absolute atomic E-state index is 12.7. The molecule has 30 heavy (non-hydrogen) atoms. The van der Waals surface area contributed by atoms with Crippen LogP contribution in [0, 0.1) is 10.1 Å². The molecule has 0 aliphatic rings. The van der Waals surface area contributed by atoms with E-state index in [1.54, 1.807) is 24.3 Å². The number of rotatable bonds is 7. The quantitative estimate of drug-likeness (QED) is 0.362. The first kappa shape index (κ1) is 20.7. The molecule has 0 aliphatic heterocycles. The first-order chi connectivity index (χ1) is 14.4. The third-order valence-corrected chi connectivity index (χ3v) is 4.50. The number of nitrogens with one attached hydrogen (secondary N) is 1. The van der Waals surface area contributed by atoms with Crippen LogP contribution in [0.1, 0.15) is 16.1 Å². The molecule has 0 bridgehead atoms. The summed E-state index contributed by atoms with van der Waals surface area (Å²) >= 11 is 0. The van der Waals surface area contributed by atoms with E-state index in [2.05, 4.69) is 10.3 Å². The summed E-state index contributed by atoms with van der Waals surface area (Å²) in [5.74, 6) is -1.13. The molecule has 1 atom stereocenters. The largest absolute Gasteiger partial charge is 0.490 e. The lowest BCUT2D eigenvalue weighted by atomic mass is 10.0. The van der Waals surface area contributed by atoms with E-state index in [1.807, 2.05) is 18.2 Å². The predicted molar refractivity (Wildman–Crippen MR) is 108 cm³/mol. The van der Waals surface area contributed by atoms with Crippen molar-refractivity contribution in [3.63, 3.8) is 0 Å². The van der Waals surface area contributed by atoms with Crippen LogP contribution in [0.3, 0.4) is 0 Å². The number of aromatic nitrogens is 1. The molecular weight excluding hydrogens is 390 g/mol. The third kappa shape index (κ3) is 4.52. The lowest BCUT2D eigenvalue weighted by Crippen LogP contribution is -2.43. The van der Waals surface area contributed by atoms with Gasteiger partial charge in [-0.05, 0) is 23.8 Å². The summed E-state index contributed by atoms with van der Waals surface area (Å²) in [5, 5.41) is 14.7. The molecule has 0 saturated carbocycles. The highest BCUT2D eigenvalue weighted by molar-refractivity contribution is 5.97. The molecular formula is C21H19N3O6. The van der Waals surface area contributed by atoms with Crippen molar-refractivity contribution >= 4 is 28.5 Å². The Morgan fingerprint density at radius 2 is 1.90 bits per heavy atom. The zero-order valence-corrected chi connectivity index (χ0v) is 16.3. The molecule has 1 amide bonds. The third-order valence-electron chi connectivity index (χ3n) is 4.50. The van der Waals surface area contributed by atoms with Gasteiger partial charge in [-0.25, -0.2) is 9.78 Å². The van der Waals surface area contributed by atoms with Crippen LogP contribution in [-0.2, 0) is 16.0 Å². The topological polar surface area (TPSA) is 121 Å². The average molecular weight is 409 g/mol. The van der Waals surface area contributed by atoms with Gasteiger partial charge in [0.25, 0.3) is 5.91 Å². The molecule has 0 aliphatic carbocycles. The van der Waals surface area contributed by atoms with Crippen molar-refractivity contribution < 1.29 is 24.0 Å². The average Bonchev–Trinajstić information content (AvgIpc) is 2.77. The molecule has 0 fully saturated rings. The summed E-state index contributed by atoms with van der Waals surface area (Å²) in [5.41, 5.74) is 1.01. The highest BCUT2D eigenvalue weighted by Crippen LogP contribution is 2.28. The number of pyridine rings is 1. The summed E-state index contributed by atoms with van der Waals surface area (Å²) in [6, 6.07) is 13.9. The molecule has 0 spiro atoms. The number of hydrogen-bond donors (Lipinski definition) is 1. The van der Waals surface area contributed by atoms with E-state index in [4.69, 9.17) is 9.47 Å². The zero-order chi connectivity index (χ0) is 21.7. The number of hydrogen-bond acceptors (Lipinski definition) is 7. The minimum atomic E-state index is -1.05. The Kier molecular flexibility index (Phi) is 6.21. The van der Waals surface area contributed by atoms with E-state index < -0.39 is 22.8 Å². The number of methoxy groups -OCH3 is 2. The van der Waals surface area contributed by atoms with Crippen molar-refractivity contribution in [1.29, 1.82) is 0 Å². The molecule has 0 radical (unpaired) electrons. The second kappa shape index (κ2) is 8.99. The Hall–Kier alpha value is -4.01. The molecule has 9 heteroatoms. The number of nitro benzene ring substituents is 1. The number of amides is 1. The fourth-order valence-electron chi connectivity index (χ4n) is 3.00. The summed E-state index contributed by atoms with van der Waals surface area (Å²) < 4.78 is 9.76. The van der Waals surface area contributed by atoms with E-state index >= 15 is 0 Å². The van der Waals surface area contributed by atoms with Crippen LogP contribution in [-0.4, -0.2) is 42.0 Å². The summed E-state index contributed by atoms with van der Waals surface area (Å²) in [4.78, 5) is 39.9. The fourth-order valence-corrected chi connectivity index (χ4v) is 3.00. The van der Waals surface area contributed by atoms with Crippen molar-refractivity contribution in [2.24, 2.45) is 0 Å². The molecule has 0 saturated heterocycles. The van der Waals surface area contributed by atoms with E-state index in [0.717, 1.165) is 5.39 Å². The Morgan fingerprint density at radius 3 is 2.60 bits per heavy atom. The molecule has 1 heterocycles. The molecule has 1 aromatic heterocycles. The van der Waals surface area contributed by atoms with Gasteiger partial charge in [0.05, 0.1) is 24.7 Å². The fraction of sp³-hybridized carbons (Fsp3) is 0.190. The maximum Gasteiger partial charge on any atom is 0.328 e. The van der Waals surface area contributed by atoms with E-state index in [1.165, 1.54) is 26.4 Å². The smallest absolute Gasteiger partial charge is 0.328 e. The Balaban J connectivity index is 1.84. The van der Waals surface area contributed by atoms with Gasteiger partial charge in [0.15, 0.2) is 5.75 Å². The number of para-hydroxylation sites is 1. The SMILES string of the molecule is COC(=O)[C@H](Cc1ccc(OC)c([N+](=O)[O-])c1)NC(=O)c1ccc2ccccc2n1. The number of nitro groups is 1. The molecule has 0 unspecified atom stereocenters. The Morgan fingerprint density at radius 1 is 1.13 bits per heavy atom. The lowest BCUT2D eigenvalue weighted by molar-refractivity contribution is -0.385. The lowest BCUT2D eigenvalue weighted by Gasteiger charge is -2.17. The van der Waals surface area contributed by atoms with Gasteiger partial charge in [0, 0.05) is 17.9 Å². The minimum absolute atomic E-state index is 0.00315. The summed E-state index contributed by atoms with van der Waals surface area (Å²) in [6.45, 7) is 0. The van der Waals surface area contributed by atoms with Gasteiger partial charge in [-0.2, -0.15) is 0 Å². The first-order valence-electron chi connectivity index (χ1n) is 8.98. The molecule has 3 rings (SSSR count). The molecule has 154 valence electrons. The van der Waals surface area contributed by atoms with Crippen LogP contribution >= 0.6 is 0 Å². The number of benzene rings is 2. The van der Waals surface area contributed by atoms with Gasteiger partial charge in [-0.15, -0.1) is 0 Å². The standard InChI is InChI=1S/C21H19N3O6/c1-29-19-10-7-13(12-18(19)24(27)28)11-17(21(26)30-2)23-20(25)16-9-8-14-5-3-4-6-15(14)22-16/h3-10,12,17H,11H2,1-2H3,(H,23,25)/t17-/m0/s1. The molecule has 1 N–H and O–H groups in total. The van der Waals surface area contributed by atoms with Gasteiger partial charge in [0.1, 0.15) is 11.7 Å².